The predicted octanol–water partition coefficient (Wildman–Crippen LogP) is 35.9. The first-order valence-electron chi connectivity index (χ1n) is 46.2. The third-order valence-electron chi connectivity index (χ3n) is 25.4. The van der Waals surface area contributed by atoms with Crippen LogP contribution in [0.4, 0.5) is 0 Å². The Hall–Kier alpha value is -6.70. The molecule has 0 radical (unpaired) electrons. The number of carbonyl (C=O) groups is 2. The normalized spacial score (nSPS) is 15.2. The lowest BCUT2D eigenvalue weighted by atomic mass is 9.93. The van der Waals surface area contributed by atoms with E-state index in [1.54, 1.807) is 36.4 Å². The molecular formula is C102H122Cl4N8O2S5. The Kier molecular flexibility index (Phi) is 36.3. The molecule has 10 aromatic rings. The minimum atomic E-state index is -0.294. The Bertz CT molecular complexity index is 5310. The Morgan fingerprint density at radius 1 is 0.405 bits per heavy atom. The van der Waals surface area contributed by atoms with E-state index in [0.29, 0.717) is 34.1 Å². The van der Waals surface area contributed by atoms with Crippen molar-refractivity contribution >= 4 is 210 Å². The molecule has 19 heteroatoms. The van der Waals surface area contributed by atoms with Crippen molar-refractivity contribution in [1.29, 1.82) is 10.5 Å². The van der Waals surface area contributed by atoms with Gasteiger partial charge in [0.1, 0.15) is 11.0 Å². The van der Waals surface area contributed by atoms with Crippen LogP contribution in [-0.2, 0) is 25.9 Å². The van der Waals surface area contributed by atoms with Crippen molar-refractivity contribution in [2.24, 2.45) is 11.8 Å². The highest BCUT2D eigenvalue weighted by atomic mass is 35.5. The van der Waals surface area contributed by atoms with Crippen LogP contribution in [0.3, 0.4) is 0 Å². The van der Waals surface area contributed by atoms with Crippen molar-refractivity contribution < 1.29 is 9.59 Å². The van der Waals surface area contributed by atoms with Gasteiger partial charge in [0.15, 0.2) is 11.6 Å². The number of fused-ring (bicyclic) bond motifs is 16. The van der Waals surface area contributed by atoms with Crippen molar-refractivity contribution in [3.8, 4) is 12.1 Å². The maximum Gasteiger partial charge on any atom is 0.270 e. The number of nitriles is 2. The molecule has 7 aromatic heterocycles. The zero-order valence-corrected chi connectivity index (χ0v) is 79.5. The molecule has 0 saturated heterocycles. The van der Waals surface area contributed by atoms with Crippen molar-refractivity contribution in [3.05, 3.63) is 157 Å². The number of aromatic nitrogens is 4. The van der Waals surface area contributed by atoms with Gasteiger partial charge in [-0.15, -0.1) is 45.3 Å². The Morgan fingerprint density at radius 3 is 1.02 bits per heavy atom. The van der Waals surface area contributed by atoms with Crippen molar-refractivity contribution in [3.63, 3.8) is 0 Å². The average molecular weight is 1790 g/mol. The van der Waals surface area contributed by atoms with Gasteiger partial charge in [-0.25, -0.2) is 20.2 Å². The van der Waals surface area contributed by atoms with E-state index >= 15 is 0 Å². The molecule has 2 atom stereocenters. The largest absolute Gasteiger partial charge is 0.337 e. The number of unbranched alkanes of at least 4 members (excludes halogenated alkanes) is 32. The summed E-state index contributed by atoms with van der Waals surface area (Å²) in [4.78, 5) is 38.8. The van der Waals surface area contributed by atoms with Gasteiger partial charge in [0.25, 0.3) is 11.4 Å². The topological polar surface area (TPSA) is 126 Å². The molecule has 2 aliphatic carbocycles. The number of rotatable bonds is 52. The third kappa shape index (κ3) is 21.9. The highest BCUT2D eigenvalue weighted by Crippen LogP contribution is 2.56. The molecule has 0 saturated carbocycles. The van der Waals surface area contributed by atoms with Crippen LogP contribution in [0.5, 0.6) is 0 Å². The second-order valence-corrected chi connectivity index (χ2v) is 40.5. The summed E-state index contributed by atoms with van der Waals surface area (Å²) in [6.45, 7) is 31.8. The first kappa shape index (κ1) is 93.5. The van der Waals surface area contributed by atoms with Gasteiger partial charge in [-0.1, -0.05) is 343 Å². The number of aryl methyl sites for hydroxylation is 2. The van der Waals surface area contributed by atoms with E-state index < -0.39 is 0 Å². The lowest BCUT2D eigenvalue weighted by molar-refractivity contribution is 0.103. The van der Waals surface area contributed by atoms with Crippen LogP contribution in [0.25, 0.3) is 105 Å². The maximum atomic E-state index is 14.6. The van der Waals surface area contributed by atoms with E-state index in [2.05, 4.69) is 84.7 Å². The monoisotopic (exact) mass is 1790 g/mol. The molecule has 0 spiro atoms. The molecule has 12 rings (SSSR count). The van der Waals surface area contributed by atoms with Gasteiger partial charge >= 0.3 is 0 Å². The Labute approximate surface area is 760 Å². The summed E-state index contributed by atoms with van der Waals surface area (Å²) in [7, 11) is 0. The van der Waals surface area contributed by atoms with Gasteiger partial charge in [0.2, 0.25) is 0 Å². The smallest absolute Gasteiger partial charge is 0.270 e. The van der Waals surface area contributed by atoms with Gasteiger partial charge in [-0.3, -0.25) is 9.59 Å². The quantitative estimate of drug-likeness (QED) is 0.0162. The fourth-order valence-corrected chi connectivity index (χ4v) is 25.9. The number of allylic oxidation sites excluding steroid dienone is 10. The molecule has 7 heterocycles. The second-order valence-electron chi connectivity index (χ2n) is 34.2. The van der Waals surface area contributed by atoms with Crippen molar-refractivity contribution in [2.45, 2.75) is 337 Å². The second kappa shape index (κ2) is 47.0. The SMILES string of the molecule is [C-]#[N+]C(C#N)=C1/C(=C/C=C/c2sc3c(sc4c5c6nsnc6c6c7sc8c(CCCCCCCCCCC)c(/C=C/C=C9\C(=O)c%10cc(Cl)c(Cl)cc%10\C9=C(\C#N)[N+]#[C-])sc8c7n(CC(CCCCCC)CCCCCCCC)c6c5n(CC(CCCCCC)CCCCCCCC)c34)c2CCCCCCCCCCC)C(=O)c2cc(Cl)c(Cl)cc21. The molecule has 121 heavy (non-hydrogen) atoms. The summed E-state index contributed by atoms with van der Waals surface area (Å²) in [5.74, 6) is 0.248. The zero-order valence-electron chi connectivity index (χ0n) is 72.4. The first-order chi connectivity index (χ1) is 59.2. The number of ketones is 2. The lowest BCUT2D eigenvalue weighted by Gasteiger charge is -2.22. The summed E-state index contributed by atoms with van der Waals surface area (Å²) >= 11 is 35.5. The molecule has 640 valence electrons. The standard InChI is InChI=1S/C102H122Cl4N8O2S5/c1-9-15-21-27-31-33-35-39-45-53-69-83(57-47-55-71-85(81(63-107)109-7)73-59-77(103)79(105)61-75(73)95(71)115)117-101-93-99(119-97(69)101)87-89-90(112-121-111-89)88-92(91(87)113(93)65-67(49-41-25-19-13-5)51-43-37-29-23-17-11-3)114(66-68(50-42-26-20-14-6)52-44-38-30-24-18-12-4)94-100(88)120-98-70(54-46-40-36-34-32-28-22-16-10-2)84(118-102(94)98)58-48-56-72-86(82(64-108)110-8)74-60-78(104)80(106)62-76(74)96(72)116/h47-48,55-62,67-68H,9-46,49-54,65-66H2,1-6H3/b57-47+,58-48+,71-55-,72-56-,85-81-,86-82?. The highest BCUT2D eigenvalue weighted by molar-refractivity contribution is 7.34. The van der Waals surface area contributed by atoms with Crippen LogP contribution in [-0.4, -0.2) is 29.4 Å². The molecular weight excluding hydrogens is 1670 g/mol. The Balaban J connectivity index is 1.12. The van der Waals surface area contributed by atoms with Gasteiger partial charge < -0.3 is 9.13 Å². The van der Waals surface area contributed by atoms with Crippen LogP contribution >= 0.6 is 103 Å². The van der Waals surface area contributed by atoms with Crippen molar-refractivity contribution in [2.75, 3.05) is 0 Å². The molecule has 10 nitrogen and oxygen atoms in total. The van der Waals surface area contributed by atoms with E-state index in [-0.39, 0.29) is 65.3 Å². The summed E-state index contributed by atoms with van der Waals surface area (Å²) in [5.41, 5.74) is 12.1. The van der Waals surface area contributed by atoms with Gasteiger partial charge in [0.05, 0.1) is 107 Å². The molecule has 0 aliphatic heterocycles. The summed E-state index contributed by atoms with van der Waals surface area (Å²) in [5, 5.41) is 24.3. The number of Topliss-reactive ketones (excluding diaryl/α,β-unsaturated/α-hetero) is 2. The minimum Gasteiger partial charge on any atom is -0.337 e. The molecule has 2 unspecified atom stereocenters. The number of nitrogens with zero attached hydrogens (tertiary/aromatic N) is 8. The van der Waals surface area contributed by atoms with E-state index in [1.807, 2.05) is 57.5 Å². The van der Waals surface area contributed by atoms with E-state index in [4.69, 9.17) is 68.3 Å². The molecule has 0 bridgehead atoms. The molecule has 0 N–H and O–H groups in total. The van der Waals surface area contributed by atoms with E-state index in [0.717, 1.165) is 98.1 Å². The zero-order chi connectivity index (χ0) is 85.3. The van der Waals surface area contributed by atoms with E-state index in [1.165, 1.54) is 302 Å². The van der Waals surface area contributed by atoms with E-state index in [9.17, 15) is 20.1 Å². The molecule has 0 amide bonds. The van der Waals surface area contributed by atoms with Gasteiger partial charge in [-0.05, 0) is 122 Å². The molecule has 2 aliphatic rings. The predicted molar refractivity (Wildman–Crippen MR) is 526 cm³/mol. The first-order valence-corrected chi connectivity index (χ1v) is 51.7. The number of hydrogen-bond donors (Lipinski definition) is 0. The molecule has 0 fully saturated rings. The summed E-state index contributed by atoms with van der Waals surface area (Å²) in [6.07, 6.45) is 64.9. The number of carbonyl (C=O) groups excluding carboxylic acids is 2. The third-order valence-corrected chi connectivity index (χ3v) is 32.5. The van der Waals surface area contributed by atoms with Gasteiger partial charge in [-0.2, -0.15) is 8.75 Å². The van der Waals surface area contributed by atoms with Crippen LogP contribution in [0, 0.1) is 47.6 Å². The number of hydrogen-bond acceptors (Lipinski definition) is 11. The maximum absolute atomic E-state index is 14.6. The average Bonchev–Trinajstić information content (AvgIpc) is 1.50. The summed E-state index contributed by atoms with van der Waals surface area (Å²) < 4.78 is 24.6. The number of halogens is 4. The van der Waals surface area contributed by atoms with Crippen LogP contribution in [0.2, 0.25) is 20.1 Å². The number of benzene rings is 3. The number of thiophene rings is 4. The molecule has 3 aromatic carbocycles. The minimum absolute atomic E-state index is 0.166. The fraction of sp³-hybridized carbons (Fsp3) is 0.529. The van der Waals surface area contributed by atoms with Crippen molar-refractivity contribution in [1.82, 2.24) is 17.9 Å². The highest BCUT2D eigenvalue weighted by Gasteiger charge is 2.37. The summed E-state index contributed by atoms with van der Waals surface area (Å²) in [6, 6.07) is 10.6. The lowest BCUT2D eigenvalue weighted by Crippen LogP contribution is -2.14. The van der Waals surface area contributed by atoms with Gasteiger partial charge in [0, 0.05) is 67.0 Å². The van der Waals surface area contributed by atoms with Crippen LogP contribution in [0.1, 0.15) is 364 Å². The van der Waals surface area contributed by atoms with Crippen LogP contribution in [0.15, 0.2) is 71.1 Å². The Morgan fingerprint density at radius 2 is 0.702 bits per heavy atom. The fourth-order valence-electron chi connectivity index (χ4n) is 18.9. The van der Waals surface area contributed by atoms with Crippen LogP contribution < -0.4 is 0 Å².